The Morgan fingerprint density at radius 1 is 1.36 bits per heavy atom. The van der Waals surface area contributed by atoms with Gasteiger partial charge >= 0.3 is 5.97 Å². The van der Waals surface area contributed by atoms with E-state index in [0.29, 0.717) is 17.8 Å². The molecule has 0 spiro atoms. The van der Waals surface area contributed by atoms with E-state index in [0.717, 1.165) is 0 Å². The molecule has 0 aliphatic rings. The molecule has 2 rings (SSSR count). The number of rotatable bonds is 6. The zero-order valence-electron chi connectivity index (χ0n) is 11.6. The fraction of sp³-hybridized carbons (Fsp3) is 0.133. The number of amides is 1. The van der Waals surface area contributed by atoms with Crippen molar-refractivity contribution in [3.8, 4) is 11.3 Å². The first-order valence-corrected chi connectivity index (χ1v) is 6.46. The largest absolute Gasteiger partial charge is 0.452 e. The fourth-order valence-electron chi connectivity index (χ4n) is 1.72. The number of esters is 1. The normalized spacial score (nSPS) is 10.0. The third-order valence-corrected chi connectivity index (χ3v) is 2.77. The minimum absolute atomic E-state index is 0.170. The molecule has 0 radical (unpaired) electrons. The van der Waals surface area contributed by atoms with Gasteiger partial charge in [0.15, 0.2) is 6.61 Å². The van der Waals surface area contributed by atoms with Crippen molar-refractivity contribution in [3.05, 3.63) is 54.5 Å². The number of nitrogens with zero attached hydrogens (tertiary/aromatic N) is 1. The second kappa shape index (κ2) is 7.16. The Balaban J connectivity index is 2.05. The fourth-order valence-corrected chi connectivity index (χ4v) is 1.72. The van der Waals surface area contributed by atoms with E-state index in [2.05, 4.69) is 22.1 Å². The van der Waals surface area contributed by atoms with Gasteiger partial charge in [-0.1, -0.05) is 6.08 Å². The van der Waals surface area contributed by atoms with Crippen molar-refractivity contribution in [2.24, 2.45) is 0 Å². The highest BCUT2D eigenvalue weighted by atomic mass is 19.1. The lowest BCUT2D eigenvalue weighted by molar-refractivity contribution is -0.124. The van der Waals surface area contributed by atoms with Crippen LogP contribution in [0.1, 0.15) is 10.4 Å². The van der Waals surface area contributed by atoms with Gasteiger partial charge in [-0.2, -0.15) is 5.10 Å². The molecule has 1 heterocycles. The van der Waals surface area contributed by atoms with Gasteiger partial charge in [0, 0.05) is 12.1 Å². The summed E-state index contributed by atoms with van der Waals surface area (Å²) in [5.74, 6) is -1.51. The van der Waals surface area contributed by atoms with Crippen LogP contribution < -0.4 is 5.32 Å². The van der Waals surface area contributed by atoms with Crippen molar-refractivity contribution in [1.29, 1.82) is 0 Å². The molecular formula is C15H14FN3O3. The molecule has 1 aromatic heterocycles. The van der Waals surface area contributed by atoms with E-state index in [4.69, 9.17) is 4.74 Å². The number of carbonyl (C=O) groups excluding carboxylic acids is 2. The molecule has 0 saturated carbocycles. The minimum atomic E-state index is -0.693. The summed E-state index contributed by atoms with van der Waals surface area (Å²) in [6.45, 7) is 3.35. The topological polar surface area (TPSA) is 84.1 Å². The van der Waals surface area contributed by atoms with Crippen LogP contribution in [0.25, 0.3) is 11.3 Å². The van der Waals surface area contributed by atoms with E-state index in [-0.39, 0.29) is 11.4 Å². The molecule has 0 unspecified atom stereocenters. The van der Waals surface area contributed by atoms with E-state index in [1.165, 1.54) is 36.5 Å². The average molecular weight is 303 g/mol. The molecule has 22 heavy (non-hydrogen) atoms. The van der Waals surface area contributed by atoms with Gasteiger partial charge in [0.1, 0.15) is 11.4 Å². The third kappa shape index (κ3) is 3.78. The zero-order valence-corrected chi connectivity index (χ0v) is 11.6. The van der Waals surface area contributed by atoms with Crippen LogP contribution in [0.3, 0.4) is 0 Å². The lowest BCUT2D eigenvalue weighted by Gasteiger charge is -2.05. The van der Waals surface area contributed by atoms with Crippen molar-refractivity contribution in [2.45, 2.75) is 0 Å². The third-order valence-electron chi connectivity index (χ3n) is 2.77. The van der Waals surface area contributed by atoms with E-state index in [1.807, 2.05) is 0 Å². The number of carbonyl (C=O) groups is 2. The van der Waals surface area contributed by atoms with Gasteiger partial charge in [0.2, 0.25) is 0 Å². The predicted octanol–water partition coefficient (Wildman–Crippen LogP) is 1.67. The average Bonchev–Trinajstić information content (AvgIpc) is 3.01. The molecule has 2 aromatic rings. The number of hydrogen-bond donors (Lipinski definition) is 2. The number of halogens is 1. The molecule has 2 N–H and O–H groups in total. The summed E-state index contributed by atoms with van der Waals surface area (Å²) in [5, 5.41) is 8.93. The van der Waals surface area contributed by atoms with Gasteiger partial charge < -0.3 is 10.1 Å². The van der Waals surface area contributed by atoms with Crippen LogP contribution in [0, 0.1) is 5.82 Å². The molecular weight excluding hydrogens is 289 g/mol. The Labute approximate surface area is 126 Å². The van der Waals surface area contributed by atoms with Crippen LogP contribution in [0.5, 0.6) is 0 Å². The Hall–Kier alpha value is -2.96. The first kappa shape index (κ1) is 15.4. The molecule has 0 aliphatic heterocycles. The Morgan fingerprint density at radius 2 is 2.09 bits per heavy atom. The summed E-state index contributed by atoms with van der Waals surface area (Å²) in [5.41, 5.74) is 1.15. The first-order valence-electron chi connectivity index (χ1n) is 6.46. The number of hydrogen-bond acceptors (Lipinski definition) is 4. The highest BCUT2D eigenvalue weighted by molar-refractivity contribution is 5.96. The number of nitrogens with one attached hydrogen (secondary N) is 2. The van der Waals surface area contributed by atoms with Crippen LogP contribution in [-0.4, -0.2) is 35.2 Å². The molecule has 0 saturated heterocycles. The Kier molecular flexibility index (Phi) is 5.02. The van der Waals surface area contributed by atoms with Crippen LogP contribution in [0.15, 0.2) is 43.1 Å². The van der Waals surface area contributed by atoms with Crippen LogP contribution in [0.4, 0.5) is 4.39 Å². The zero-order chi connectivity index (χ0) is 15.9. The second-order valence-electron chi connectivity index (χ2n) is 4.33. The van der Waals surface area contributed by atoms with Crippen LogP contribution in [0.2, 0.25) is 0 Å². The number of benzene rings is 1. The summed E-state index contributed by atoms with van der Waals surface area (Å²) in [6, 6.07) is 5.56. The highest BCUT2D eigenvalue weighted by Gasteiger charge is 2.17. The quantitative estimate of drug-likeness (QED) is 0.628. The van der Waals surface area contributed by atoms with Gasteiger partial charge in [-0.15, -0.1) is 6.58 Å². The standard InChI is InChI=1S/C15H14FN3O3/c1-2-7-17-13(20)9-22-15(21)12-8-18-19-14(12)10-3-5-11(16)6-4-10/h2-6,8H,1,7,9H2,(H,17,20)(H,18,19). The summed E-state index contributed by atoms with van der Waals surface area (Å²) < 4.78 is 17.8. The van der Waals surface area contributed by atoms with Crippen LogP contribution in [-0.2, 0) is 9.53 Å². The first-order chi connectivity index (χ1) is 10.6. The van der Waals surface area contributed by atoms with Crippen molar-refractivity contribution in [1.82, 2.24) is 15.5 Å². The number of aromatic amines is 1. The summed E-state index contributed by atoms with van der Waals surface area (Å²) >= 11 is 0. The summed E-state index contributed by atoms with van der Waals surface area (Å²) in [6.07, 6.45) is 2.81. The van der Waals surface area contributed by atoms with Gasteiger partial charge in [-0.05, 0) is 24.3 Å². The van der Waals surface area contributed by atoms with E-state index < -0.39 is 18.5 Å². The van der Waals surface area contributed by atoms with Crippen molar-refractivity contribution in [3.63, 3.8) is 0 Å². The lowest BCUT2D eigenvalue weighted by Crippen LogP contribution is -2.28. The molecule has 0 aliphatic carbocycles. The molecule has 114 valence electrons. The van der Waals surface area contributed by atoms with Crippen molar-refractivity contribution >= 4 is 11.9 Å². The highest BCUT2D eigenvalue weighted by Crippen LogP contribution is 2.21. The van der Waals surface area contributed by atoms with Crippen LogP contribution >= 0.6 is 0 Å². The smallest absolute Gasteiger partial charge is 0.342 e. The molecule has 0 fully saturated rings. The van der Waals surface area contributed by atoms with Gasteiger partial charge in [-0.25, -0.2) is 9.18 Å². The summed E-state index contributed by atoms with van der Waals surface area (Å²) in [4.78, 5) is 23.4. The molecule has 0 bridgehead atoms. The van der Waals surface area contributed by atoms with Gasteiger partial charge in [0.05, 0.1) is 11.9 Å². The number of aromatic nitrogens is 2. The molecule has 1 amide bonds. The van der Waals surface area contributed by atoms with Crippen molar-refractivity contribution in [2.75, 3.05) is 13.2 Å². The maximum absolute atomic E-state index is 12.9. The van der Waals surface area contributed by atoms with Gasteiger partial charge in [-0.3, -0.25) is 9.89 Å². The van der Waals surface area contributed by atoms with E-state index in [9.17, 15) is 14.0 Å². The SMILES string of the molecule is C=CCNC(=O)COC(=O)c1cn[nH]c1-c1ccc(F)cc1. The lowest BCUT2D eigenvalue weighted by atomic mass is 10.1. The Bertz CT molecular complexity index is 680. The number of H-pyrrole nitrogens is 1. The molecule has 7 heteroatoms. The molecule has 0 atom stereocenters. The molecule has 1 aromatic carbocycles. The summed E-state index contributed by atoms with van der Waals surface area (Å²) in [7, 11) is 0. The van der Waals surface area contributed by atoms with Gasteiger partial charge in [0.25, 0.3) is 5.91 Å². The van der Waals surface area contributed by atoms with Crippen molar-refractivity contribution < 1.29 is 18.7 Å². The number of ether oxygens (including phenoxy) is 1. The minimum Gasteiger partial charge on any atom is -0.452 e. The molecule has 6 nitrogen and oxygen atoms in total. The Morgan fingerprint density at radius 3 is 2.77 bits per heavy atom. The maximum Gasteiger partial charge on any atom is 0.342 e. The van der Waals surface area contributed by atoms with E-state index >= 15 is 0 Å². The monoisotopic (exact) mass is 303 g/mol. The predicted molar refractivity (Wildman–Crippen MR) is 77.5 cm³/mol. The van der Waals surface area contributed by atoms with E-state index in [1.54, 1.807) is 0 Å². The maximum atomic E-state index is 12.9. The second-order valence-corrected chi connectivity index (χ2v) is 4.33.